The van der Waals surface area contributed by atoms with Crippen LogP contribution in [0, 0.1) is 0 Å². The third kappa shape index (κ3) is 9.45. The molecule has 118 valence electrons. The van der Waals surface area contributed by atoms with E-state index in [0.717, 1.165) is 68.6 Å². The summed E-state index contributed by atoms with van der Waals surface area (Å²) in [4.78, 5) is 16.4. The maximum atomic E-state index is 12.1. The number of rotatable bonds is 1. The molecule has 1 fully saturated rings. The second-order valence-corrected chi connectivity index (χ2v) is 7.55. The van der Waals surface area contributed by atoms with Crippen LogP contribution in [-0.4, -0.2) is 104 Å². The van der Waals surface area contributed by atoms with Gasteiger partial charge < -0.3 is 0 Å². The van der Waals surface area contributed by atoms with Crippen LogP contribution in [0.25, 0.3) is 0 Å². The van der Waals surface area contributed by atoms with Crippen LogP contribution >= 0.6 is 0 Å². The fourth-order valence-corrected chi connectivity index (χ4v) is 3.02. The van der Waals surface area contributed by atoms with E-state index in [2.05, 4.69) is 18.7 Å². The normalized spacial score (nSPS) is 18.7. The average Bonchev–Trinajstić information content (AvgIpc) is 2.23. The zero-order valence-electron chi connectivity index (χ0n) is 13.8. The molecule has 0 aromatic carbocycles. The molecule has 1 aliphatic rings. The van der Waals surface area contributed by atoms with Crippen LogP contribution in [0.5, 0.6) is 0 Å². The van der Waals surface area contributed by atoms with Crippen LogP contribution < -0.4 is 0 Å². The Morgan fingerprint density at radius 1 is 1.29 bits per heavy atom. The van der Waals surface area contributed by atoms with E-state index in [1.807, 2.05) is 25.7 Å². The number of piperazine rings is 1. The molecule has 1 aliphatic heterocycles. The topological polar surface area (TPSA) is 32.8 Å². The van der Waals surface area contributed by atoms with Gasteiger partial charge in [0, 0.05) is 0 Å². The summed E-state index contributed by atoms with van der Waals surface area (Å²) in [5.41, 5.74) is -0.538. The van der Waals surface area contributed by atoms with Crippen LogP contribution in [0.3, 0.4) is 0 Å². The first-order chi connectivity index (χ1) is 9.39. The fraction of sp³-hybridized carbons (Fsp3) is 0.917. The van der Waals surface area contributed by atoms with Crippen molar-refractivity contribution in [3.05, 3.63) is 0 Å². The quantitative estimate of drug-likeness (QED) is 0.690. The van der Waals surface area contributed by atoms with Gasteiger partial charge in [0.2, 0.25) is 0 Å². The van der Waals surface area contributed by atoms with E-state index >= 15 is 0 Å². The Balaban J connectivity index is 0.000000885. The molecule has 1 saturated heterocycles. The van der Waals surface area contributed by atoms with E-state index in [9.17, 15) is 17.7 Å². The average molecular weight is 334 g/mol. The van der Waals surface area contributed by atoms with E-state index in [0.29, 0.717) is 0 Å². The molecule has 9 heteroatoms. The summed E-state index contributed by atoms with van der Waals surface area (Å²) < 4.78 is 35.7. The number of halogens is 3. The van der Waals surface area contributed by atoms with Crippen molar-refractivity contribution in [1.82, 2.24) is 9.80 Å². The molecule has 0 aromatic rings. The fourth-order valence-electron chi connectivity index (χ4n) is 2.18. The molecule has 1 rings (SSSR count). The first kappa shape index (κ1) is 21.7. The monoisotopic (exact) mass is 334 g/mol. The van der Waals surface area contributed by atoms with Gasteiger partial charge >= 0.3 is 148 Å². The summed E-state index contributed by atoms with van der Waals surface area (Å²) in [6.07, 6.45) is -0.181. The summed E-state index contributed by atoms with van der Waals surface area (Å²) in [6.45, 7) is 12.7. The second kappa shape index (κ2) is 9.12. The van der Waals surface area contributed by atoms with Gasteiger partial charge in [0.25, 0.3) is 0 Å². The largest absolute Gasteiger partial charge is 0.762 e. The molecule has 0 unspecified atom stereocenters. The Morgan fingerprint density at radius 3 is 2.10 bits per heavy atom. The molecule has 0 saturated carbocycles. The molecule has 4 nitrogen and oxygen atoms in total. The first-order valence-electron chi connectivity index (χ1n) is 7.04. The Kier molecular flexibility index (Phi) is 9.44. The molecule has 0 bridgehead atoms. The Hall–Kier alpha value is 0.721. The number of hydrogen-bond donors (Lipinski definition) is 0. The number of nitrogens with zero attached hydrogens (tertiary/aromatic N) is 2. The standard InChI is InChI=1S/C12H23N2O2.BF3.K/c1-11(2,3)16-10(15)14-8-7-13(6)9-12(14,4)5;2-1(3)4;/h6-9H2,1-5H3;;. The van der Waals surface area contributed by atoms with E-state index in [-0.39, 0.29) is 11.6 Å². The van der Waals surface area contributed by atoms with E-state index in [1.165, 1.54) is 0.639 Å². The van der Waals surface area contributed by atoms with Crippen molar-refractivity contribution >= 4 is 62.6 Å². The smallest absolute Gasteiger partial charge is 0.254 e. The van der Waals surface area contributed by atoms with Crippen LogP contribution in [-0.2, 0) is 4.74 Å². The van der Waals surface area contributed by atoms with Gasteiger partial charge in [-0.1, -0.05) is 0 Å². The Bertz CT molecular complexity index is 338. The molecule has 1 heterocycles. The van der Waals surface area contributed by atoms with Gasteiger partial charge in [-0.25, -0.2) is 0 Å². The van der Waals surface area contributed by atoms with Crippen LogP contribution in [0.1, 0.15) is 34.6 Å². The number of carbonyl (C=O) groups is 1. The van der Waals surface area contributed by atoms with Crippen molar-refractivity contribution in [1.29, 1.82) is 0 Å². The van der Waals surface area contributed by atoms with Gasteiger partial charge in [0.15, 0.2) is 0 Å². The van der Waals surface area contributed by atoms with E-state index in [4.69, 9.17) is 4.74 Å². The second-order valence-electron chi connectivity index (χ2n) is 6.56. The summed E-state index contributed by atoms with van der Waals surface area (Å²) in [7, 11) is -3.67. The molecule has 0 N–H and O–H groups in total. The van der Waals surface area contributed by atoms with Gasteiger partial charge in [-0.2, -0.15) is 0 Å². The van der Waals surface area contributed by atoms with Gasteiger partial charge in [-0.15, -0.1) is 0 Å². The van der Waals surface area contributed by atoms with Crippen molar-refractivity contribution < 1.29 is 22.5 Å². The van der Waals surface area contributed by atoms with Crippen LogP contribution in [0.2, 0.25) is 0 Å². The number of ether oxygens (including phenoxy) is 1. The van der Waals surface area contributed by atoms with Crippen molar-refractivity contribution in [2.45, 2.75) is 45.8 Å². The zero-order valence-corrected chi connectivity index (χ0v) is 16.9. The Morgan fingerprint density at radius 2 is 1.76 bits per heavy atom. The van der Waals surface area contributed by atoms with Crippen LogP contribution in [0.15, 0.2) is 0 Å². The molecule has 0 aliphatic carbocycles. The van der Waals surface area contributed by atoms with Crippen molar-refractivity contribution in [3.63, 3.8) is 0 Å². The van der Waals surface area contributed by atoms with Gasteiger partial charge in [0.1, 0.15) is 0 Å². The van der Waals surface area contributed by atoms with Crippen molar-refractivity contribution in [3.8, 4) is 0 Å². The maximum Gasteiger partial charge on any atom is 0.762 e. The molecular formula is C12H23BF3KN2O2. The first-order valence-corrected chi connectivity index (χ1v) is 9.25. The summed E-state index contributed by atoms with van der Waals surface area (Å²) in [5, 5.41) is 0. The predicted molar refractivity (Wildman–Crippen MR) is 78.3 cm³/mol. The van der Waals surface area contributed by atoms with Gasteiger partial charge in [-0.3, -0.25) is 12.9 Å². The summed E-state index contributed by atoms with van der Waals surface area (Å²) in [6, 6.07) is 0. The molecule has 0 radical (unpaired) electrons. The number of hydrogen-bond acceptors (Lipinski definition) is 3. The SMILES string of the molecule is CC(C)(C)OC(=O)N1CCN([CH2][K])CC1(C)C.FB(F)F. The molecular weight excluding hydrogens is 311 g/mol. The molecule has 0 aromatic heterocycles. The minimum Gasteiger partial charge on any atom is -0.254 e. The molecule has 1 amide bonds. The number of amides is 1. The van der Waals surface area contributed by atoms with Crippen molar-refractivity contribution in [2.75, 3.05) is 20.3 Å². The Labute approximate surface area is 159 Å². The minimum atomic E-state index is -3.67. The summed E-state index contributed by atoms with van der Waals surface area (Å²) in [5.74, 6) is 0. The zero-order chi connectivity index (χ0) is 16.8. The molecule has 0 spiro atoms. The molecule has 0 atom stereocenters. The van der Waals surface area contributed by atoms with Crippen molar-refractivity contribution in [2.24, 2.45) is 0 Å². The third-order valence-electron chi connectivity index (χ3n) is 3.04. The summed E-state index contributed by atoms with van der Waals surface area (Å²) >= 11 is 0.844. The maximum absolute atomic E-state index is 12.1. The minimum absolute atomic E-state index is 0.126. The third-order valence-corrected chi connectivity index (χ3v) is 4.44. The number of carbonyl (C=O) groups excluding carboxylic acids is 1. The van der Waals surface area contributed by atoms with Crippen LogP contribution in [0.4, 0.5) is 17.7 Å². The van der Waals surface area contributed by atoms with Gasteiger partial charge in [0.05, 0.1) is 0 Å². The molecule has 21 heavy (non-hydrogen) atoms. The van der Waals surface area contributed by atoms with E-state index < -0.39 is 13.1 Å². The van der Waals surface area contributed by atoms with Gasteiger partial charge in [-0.05, 0) is 0 Å². The predicted octanol–water partition coefficient (Wildman–Crippen LogP) is 2.32. The van der Waals surface area contributed by atoms with E-state index in [1.54, 1.807) is 0 Å².